The van der Waals surface area contributed by atoms with E-state index in [1.165, 1.54) is 10.6 Å². The highest BCUT2D eigenvalue weighted by Gasteiger charge is 2.15. The molecule has 1 atom stereocenters. The van der Waals surface area contributed by atoms with Gasteiger partial charge in [-0.05, 0) is 31.2 Å². The highest BCUT2D eigenvalue weighted by molar-refractivity contribution is 7.88. The Balaban J connectivity index is 3.99. The molecule has 0 radical (unpaired) electrons. The molecule has 0 aromatic carbocycles. The standard InChI is InChI=1S/C14H31N3O3S/c1-5-17(21(4,19)20)8-6-7-16-14(18)10-13(11-15)9-12(2)3/h12-13H,5-11,15H2,1-4H3,(H,16,18). The molecular formula is C14H31N3O3S. The molecule has 21 heavy (non-hydrogen) atoms. The summed E-state index contributed by atoms with van der Waals surface area (Å²) in [6.45, 7) is 7.93. The summed E-state index contributed by atoms with van der Waals surface area (Å²) in [5.74, 6) is 0.737. The lowest BCUT2D eigenvalue weighted by atomic mass is 9.94. The number of nitrogens with one attached hydrogen (secondary N) is 1. The highest BCUT2D eigenvalue weighted by atomic mass is 32.2. The predicted molar refractivity (Wildman–Crippen MR) is 86.3 cm³/mol. The van der Waals surface area contributed by atoms with Crippen molar-refractivity contribution in [3.63, 3.8) is 0 Å². The van der Waals surface area contributed by atoms with Crippen molar-refractivity contribution in [2.75, 3.05) is 32.4 Å². The lowest BCUT2D eigenvalue weighted by Gasteiger charge is -2.18. The summed E-state index contributed by atoms with van der Waals surface area (Å²) in [7, 11) is -3.15. The van der Waals surface area contributed by atoms with Gasteiger partial charge < -0.3 is 11.1 Å². The number of nitrogens with zero attached hydrogens (tertiary/aromatic N) is 1. The van der Waals surface area contributed by atoms with Crippen LogP contribution in [0.5, 0.6) is 0 Å². The van der Waals surface area contributed by atoms with Crippen LogP contribution in [-0.4, -0.2) is 51.1 Å². The third kappa shape index (κ3) is 9.82. The van der Waals surface area contributed by atoms with Gasteiger partial charge in [-0.25, -0.2) is 12.7 Å². The average Bonchev–Trinajstić information content (AvgIpc) is 2.35. The van der Waals surface area contributed by atoms with Crippen LogP contribution in [0.25, 0.3) is 0 Å². The second-order valence-electron chi connectivity index (χ2n) is 5.89. The van der Waals surface area contributed by atoms with E-state index in [9.17, 15) is 13.2 Å². The molecule has 3 N–H and O–H groups in total. The molecule has 7 heteroatoms. The Morgan fingerprint density at radius 2 is 1.95 bits per heavy atom. The first-order valence-electron chi connectivity index (χ1n) is 7.62. The van der Waals surface area contributed by atoms with Gasteiger partial charge in [0.05, 0.1) is 6.26 Å². The third-order valence-electron chi connectivity index (χ3n) is 3.34. The summed E-state index contributed by atoms with van der Waals surface area (Å²) in [6.07, 6.45) is 3.21. The van der Waals surface area contributed by atoms with Crippen LogP contribution in [0.15, 0.2) is 0 Å². The smallest absolute Gasteiger partial charge is 0.220 e. The Morgan fingerprint density at radius 1 is 1.33 bits per heavy atom. The SMILES string of the molecule is CCN(CCCNC(=O)CC(CN)CC(C)C)S(C)(=O)=O. The fourth-order valence-corrected chi connectivity index (χ4v) is 3.24. The third-order valence-corrected chi connectivity index (χ3v) is 4.72. The number of sulfonamides is 1. The molecule has 0 saturated heterocycles. The van der Waals surface area contributed by atoms with E-state index in [1.807, 2.05) is 0 Å². The van der Waals surface area contributed by atoms with Gasteiger partial charge in [-0.3, -0.25) is 4.79 Å². The van der Waals surface area contributed by atoms with E-state index in [2.05, 4.69) is 19.2 Å². The van der Waals surface area contributed by atoms with Crippen LogP contribution in [-0.2, 0) is 14.8 Å². The quantitative estimate of drug-likeness (QED) is 0.550. The molecule has 0 aromatic heterocycles. The molecule has 0 heterocycles. The maximum atomic E-state index is 11.8. The van der Waals surface area contributed by atoms with Gasteiger partial charge in [-0.2, -0.15) is 0 Å². The zero-order valence-corrected chi connectivity index (χ0v) is 14.6. The molecule has 0 aliphatic heterocycles. The summed E-state index contributed by atoms with van der Waals surface area (Å²) < 4.78 is 24.2. The molecule has 0 aliphatic rings. The minimum atomic E-state index is -3.15. The van der Waals surface area contributed by atoms with Crippen molar-refractivity contribution in [2.45, 2.75) is 40.0 Å². The molecule has 0 aliphatic carbocycles. The fraction of sp³-hybridized carbons (Fsp3) is 0.929. The van der Waals surface area contributed by atoms with E-state index >= 15 is 0 Å². The normalized spacial score (nSPS) is 13.7. The molecule has 0 saturated carbocycles. The van der Waals surface area contributed by atoms with Gasteiger partial charge in [0.25, 0.3) is 0 Å². The summed E-state index contributed by atoms with van der Waals surface area (Å²) >= 11 is 0. The molecule has 0 spiro atoms. The zero-order valence-electron chi connectivity index (χ0n) is 13.8. The molecule has 1 amide bonds. The Labute approximate surface area is 129 Å². The molecule has 126 valence electrons. The maximum absolute atomic E-state index is 11.8. The summed E-state index contributed by atoms with van der Waals surface area (Å²) in [5, 5.41) is 2.84. The lowest BCUT2D eigenvalue weighted by molar-refractivity contribution is -0.122. The molecule has 0 bridgehead atoms. The summed E-state index contributed by atoms with van der Waals surface area (Å²) in [4.78, 5) is 11.8. The first kappa shape index (κ1) is 20.3. The van der Waals surface area contributed by atoms with E-state index in [1.54, 1.807) is 6.92 Å². The number of hydrogen-bond acceptors (Lipinski definition) is 4. The van der Waals surface area contributed by atoms with E-state index < -0.39 is 10.0 Å². The highest BCUT2D eigenvalue weighted by Crippen LogP contribution is 2.13. The van der Waals surface area contributed by atoms with Crippen LogP contribution < -0.4 is 11.1 Å². The number of hydrogen-bond donors (Lipinski definition) is 2. The van der Waals surface area contributed by atoms with Crippen molar-refractivity contribution in [1.82, 2.24) is 9.62 Å². The van der Waals surface area contributed by atoms with E-state index in [-0.39, 0.29) is 11.8 Å². The molecule has 0 aromatic rings. The largest absolute Gasteiger partial charge is 0.356 e. The minimum absolute atomic E-state index is 0.00601. The van der Waals surface area contributed by atoms with Crippen molar-refractivity contribution >= 4 is 15.9 Å². The minimum Gasteiger partial charge on any atom is -0.356 e. The fourth-order valence-electron chi connectivity index (χ4n) is 2.31. The molecule has 0 fully saturated rings. The van der Waals surface area contributed by atoms with Gasteiger partial charge in [-0.15, -0.1) is 0 Å². The topological polar surface area (TPSA) is 92.5 Å². The van der Waals surface area contributed by atoms with Gasteiger partial charge in [0, 0.05) is 26.1 Å². The number of carbonyl (C=O) groups excluding carboxylic acids is 1. The van der Waals surface area contributed by atoms with Crippen LogP contribution in [0.1, 0.15) is 40.0 Å². The lowest BCUT2D eigenvalue weighted by Crippen LogP contribution is -2.34. The zero-order chi connectivity index (χ0) is 16.5. The molecule has 6 nitrogen and oxygen atoms in total. The Kier molecular flexibility index (Phi) is 9.81. The number of nitrogens with two attached hydrogens (primary N) is 1. The van der Waals surface area contributed by atoms with Gasteiger partial charge in [0.2, 0.25) is 15.9 Å². The van der Waals surface area contributed by atoms with Gasteiger partial charge in [-0.1, -0.05) is 20.8 Å². The van der Waals surface area contributed by atoms with Gasteiger partial charge in [0.15, 0.2) is 0 Å². The monoisotopic (exact) mass is 321 g/mol. The van der Waals surface area contributed by atoms with E-state index in [0.29, 0.717) is 44.9 Å². The number of rotatable bonds is 11. The van der Waals surface area contributed by atoms with E-state index in [4.69, 9.17) is 5.73 Å². The van der Waals surface area contributed by atoms with Crippen molar-refractivity contribution in [3.8, 4) is 0 Å². The van der Waals surface area contributed by atoms with Gasteiger partial charge in [0.1, 0.15) is 0 Å². The Hall–Kier alpha value is -0.660. The van der Waals surface area contributed by atoms with Crippen LogP contribution >= 0.6 is 0 Å². The first-order chi connectivity index (χ1) is 9.70. The molecular weight excluding hydrogens is 290 g/mol. The van der Waals surface area contributed by atoms with Crippen LogP contribution in [0.4, 0.5) is 0 Å². The van der Waals surface area contributed by atoms with Crippen LogP contribution in [0.2, 0.25) is 0 Å². The summed E-state index contributed by atoms with van der Waals surface area (Å²) in [5.41, 5.74) is 5.68. The van der Waals surface area contributed by atoms with Crippen molar-refractivity contribution in [3.05, 3.63) is 0 Å². The van der Waals surface area contributed by atoms with Crippen LogP contribution in [0, 0.1) is 11.8 Å². The van der Waals surface area contributed by atoms with Crippen molar-refractivity contribution in [2.24, 2.45) is 17.6 Å². The second-order valence-corrected chi connectivity index (χ2v) is 7.88. The second kappa shape index (κ2) is 10.1. The molecule has 1 unspecified atom stereocenters. The van der Waals surface area contributed by atoms with Gasteiger partial charge >= 0.3 is 0 Å². The van der Waals surface area contributed by atoms with Crippen molar-refractivity contribution < 1.29 is 13.2 Å². The first-order valence-corrected chi connectivity index (χ1v) is 9.47. The van der Waals surface area contributed by atoms with E-state index in [0.717, 1.165) is 6.42 Å². The Morgan fingerprint density at radius 3 is 2.38 bits per heavy atom. The van der Waals surface area contributed by atoms with Crippen LogP contribution in [0.3, 0.4) is 0 Å². The van der Waals surface area contributed by atoms with Crippen molar-refractivity contribution in [1.29, 1.82) is 0 Å². The average molecular weight is 321 g/mol. The predicted octanol–water partition coefficient (Wildman–Crippen LogP) is 0.785. The number of amides is 1. The Bertz CT molecular complexity index is 396. The summed E-state index contributed by atoms with van der Waals surface area (Å²) in [6, 6.07) is 0. The molecule has 0 rings (SSSR count). The maximum Gasteiger partial charge on any atom is 0.220 e. The number of carbonyl (C=O) groups is 1.